The minimum Gasteiger partial charge on any atom is -0.329 e. The van der Waals surface area contributed by atoms with Crippen LogP contribution in [0.25, 0.3) is 0 Å². The first-order valence-corrected chi connectivity index (χ1v) is 11.2. The quantitative estimate of drug-likeness (QED) is 0.524. The molecule has 0 spiro atoms. The van der Waals surface area contributed by atoms with Gasteiger partial charge in [-0.3, -0.25) is 4.57 Å². The van der Waals surface area contributed by atoms with Crippen molar-refractivity contribution in [2.75, 3.05) is 0 Å². The summed E-state index contributed by atoms with van der Waals surface area (Å²) in [5, 5.41) is 0.577. The van der Waals surface area contributed by atoms with E-state index in [2.05, 4.69) is 27.7 Å². The van der Waals surface area contributed by atoms with Crippen LogP contribution in [0.15, 0.2) is 0 Å². The Morgan fingerprint density at radius 3 is 1.65 bits per heavy atom. The van der Waals surface area contributed by atoms with Crippen LogP contribution in [0.1, 0.15) is 66.2 Å². The molecule has 0 aliphatic carbocycles. The Morgan fingerprint density at radius 1 is 1.00 bits per heavy atom. The molecule has 0 aromatic carbocycles. The molecule has 0 saturated carbocycles. The zero-order valence-corrected chi connectivity index (χ0v) is 14.0. The van der Waals surface area contributed by atoms with Crippen molar-refractivity contribution in [3.05, 3.63) is 0 Å². The molecule has 0 amide bonds. The van der Waals surface area contributed by atoms with Gasteiger partial charge in [0.1, 0.15) is 0 Å². The van der Waals surface area contributed by atoms with Gasteiger partial charge in [-0.1, -0.05) is 76.1 Å². The molecule has 2 nitrogen and oxygen atoms in total. The average molecular weight is 298 g/mol. The maximum atomic E-state index is 12.0. The molecule has 5 heteroatoms. The fourth-order valence-electron chi connectivity index (χ4n) is 1.57. The lowest BCUT2D eigenvalue weighted by atomic mass is 10.2. The second-order valence-corrected chi connectivity index (χ2v) is 12.5. The van der Waals surface area contributed by atoms with Crippen molar-refractivity contribution in [2.45, 2.75) is 76.7 Å². The van der Waals surface area contributed by atoms with Gasteiger partial charge in [0.25, 0.3) is 0 Å². The van der Waals surface area contributed by atoms with Crippen molar-refractivity contribution >= 4 is 28.5 Å². The van der Waals surface area contributed by atoms with Gasteiger partial charge in [0, 0.05) is 10.5 Å². The van der Waals surface area contributed by atoms with Crippen molar-refractivity contribution in [3.8, 4) is 0 Å². The summed E-state index contributed by atoms with van der Waals surface area (Å²) < 4.78 is 12.0. The summed E-state index contributed by atoms with van der Waals surface area (Å²) in [4.78, 5) is 9.94. The third-order valence-electron chi connectivity index (χ3n) is 2.55. The molecule has 0 rings (SSSR count). The summed E-state index contributed by atoms with van der Waals surface area (Å²) in [6, 6.07) is 0. The number of hydrogen-bond acceptors (Lipinski definition) is 3. The molecule has 0 aliphatic rings. The molecule has 0 saturated heterocycles. The van der Waals surface area contributed by atoms with Crippen molar-refractivity contribution in [1.82, 2.24) is 0 Å². The topological polar surface area (TPSA) is 37.3 Å². The fraction of sp³-hybridized carbons (Fsp3) is 1.00. The standard InChI is InChI=1S/C12H27O2PS2/c1-5-7-9-11(3)16-15(13,14)17-12(4)10-8-6-2/h11-12H,5-10H2,1-4H3,(H,13,14). The fourth-order valence-corrected chi connectivity index (χ4v) is 9.67. The van der Waals surface area contributed by atoms with Crippen LogP contribution in [-0.2, 0) is 4.57 Å². The molecule has 0 aromatic rings. The summed E-state index contributed by atoms with van der Waals surface area (Å²) in [7, 11) is 0. The third kappa shape index (κ3) is 10.5. The SMILES string of the molecule is CCCCC(C)SP(=O)(O)SC(C)CCCC. The molecule has 0 bridgehead atoms. The summed E-state index contributed by atoms with van der Waals surface area (Å²) in [5.74, 6) is -3.05. The molecule has 0 radical (unpaired) electrons. The second-order valence-electron chi connectivity index (χ2n) is 4.59. The zero-order chi connectivity index (χ0) is 13.3. The van der Waals surface area contributed by atoms with Gasteiger partial charge in [0.15, 0.2) is 0 Å². The van der Waals surface area contributed by atoms with E-state index in [1.807, 2.05) is 0 Å². The van der Waals surface area contributed by atoms with E-state index in [1.54, 1.807) is 0 Å². The molecular formula is C12H27O2PS2. The predicted molar refractivity (Wildman–Crippen MR) is 83.0 cm³/mol. The van der Waals surface area contributed by atoms with Crippen LogP contribution in [0.5, 0.6) is 0 Å². The van der Waals surface area contributed by atoms with Crippen LogP contribution >= 0.6 is 28.5 Å². The molecule has 104 valence electrons. The lowest BCUT2D eigenvalue weighted by Gasteiger charge is -2.18. The monoisotopic (exact) mass is 298 g/mol. The van der Waals surface area contributed by atoms with Gasteiger partial charge in [0.2, 0.25) is 0 Å². The zero-order valence-electron chi connectivity index (χ0n) is 11.5. The summed E-state index contributed by atoms with van der Waals surface area (Å²) in [5.41, 5.74) is 0. The Labute approximate surface area is 115 Å². The highest BCUT2D eigenvalue weighted by Crippen LogP contribution is 2.69. The van der Waals surface area contributed by atoms with E-state index < -0.39 is 5.77 Å². The van der Waals surface area contributed by atoms with E-state index in [9.17, 15) is 9.46 Å². The van der Waals surface area contributed by atoms with Crippen LogP contribution in [0.3, 0.4) is 0 Å². The highest BCUT2D eigenvalue weighted by atomic mass is 33.1. The molecule has 2 unspecified atom stereocenters. The first kappa shape index (κ1) is 17.9. The molecular weight excluding hydrogens is 271 g/mol. The van der Waals surface area contributed by atoms with Gasteiger partial charge in [-0.15, -0.1) is 0 Å². The smallest absolute Gasteiger partial charge is 0.311 e. The maximum Gasteiger partial charge on any atom is 0.311 e. The summed E-state index contributed by atoms with van der Waals surface area (Å²) >= 11 is 2.56. The van der Waals surface area contributed by atoms with Crippen molar-refractivity contribution < 1.29 is 9.46 Å². The second kappa shape index (κ2) is 9.77. The lowest BCUT2D eigenvalue weighted by Crippen LogP contribution is -1.98. The molecule has 17 heavy (non-hydrogen) atoms. The molecule has 0 aliphatic heterocycles. The molecule has 1 N–H and O–H groups in total. The van der Waals surface area contributed by atoms with Gasteiger partial charge < -0.3 is 4.89 Å². The van der Waals surface area contributed by atoms with E-state index in [0.717, 1.165) is 38.5 Å². The number of unbranched alkanes of at least 4 members (excludes halogenated alkanes) is 2. The van der Waals surface area contributed by atoms with Gasteiger partial charge in [0.05, 0.1) is 0 Å². The lowest BCUT2D eigenvalue weighted by molar-refractivity contribution is 0.513. The Balaban J connectivity index is 3.96. The molecule has 0 aromatic heterocycles. The number of hydrogen-bond donors (Lipinski definition) is 1. The van der Waals surface area contributed by atoms with Gasteiger partial charge in [-0.2, -0.15) is 0 Å². The molecule has 0 heterocycles. The normalized spacial score (nSPS) is 18.6. The van der Waals surface area contributed by atoms with E-state index in [4.69, 9.17) is 0 Å². The van der Waals surface area contributed by atoms with Crippen LogP contribution in [0.2, 0.25) is 0 Å². The Morgan fingerprint density at radius 2 is 1.35 bits per heavy atom. The first-order chi connectivity index (χ1) is 7.91. The minimum atomic E-state index is -3.05. The third-order valence-corrected chi connectivity index (χ3v) is 9.59. The van der Waals surface area contributed by atoms with E-state index in [1.165, 1.54) is 22.8 Å². The molecule has 0 fully saturated rings. The average Bonchev–Trinajstić information content (AvgIpc) is 2.22. The highest BCUT2D eigenvalue weighted by Gasteiger charge is 2.25. The first-order valence-electron chi connectivity index (χ1n) is 6.60. The van der Waals surface area contributed by atoms with Gasteiger partial charge in [-0.05, 0) is 12.8 Å². The Hall–Kier alpha value is 0.890. The van der Waals surface area contributed by atoms with Crippen molar-refractivity contribution in [3.63, 3.8) is 0 Å². The van der Waals surface area contributed by atoms with Crippen molar-refractivity contribution in [2.24, 2.45) is 0 Å². The van der Waals surface area contributed by atoms with Crippen molar-refractivity contribution in [1.29, 1.82) is 0 Å². The van der Waals surface area contributed by atoms with Crippen LogP contribution in [0.4, 0.5) is 0 Å². The molecule has 2 atom stereocenters. The van der Waals surface area contributed by atoms with Gasteiger partial charge in [-0.25, -0.2) is 0 Å². The predicted octanol–water partition coefficient (Wildman–Crippen LogP) is 5.71. The van der Waals surface area contributed by atoms with Crippen LogP contribution in [0, 0.1) is 0 Å². The van der Waals surface area contributed by atoms with Crippen LogP contribution < -0.4 is 0 Å². The summed E-state index contributed by atoms with van der Waals surface area (Å²) in [6.45, 7) is 8.41. The maximum absolute atomic E-state index is 12.0. The highest BCUT2D eigenvalue weighted by molar-refractivity contribution is 8.89. The van der Waals surface area contributed by atoms with Gasteiger partial charge >= 0.3 is 5.77 Å². The van der Waals surface area contributed by atoms with Crippen LogP contribution in [-0.4, -0.2) is 15.4 Å². The van der Waals surface area contributed by atoms with E-state index >= 15 is 0 Å². The minimum absolute atomic E-state index is 0.289. The van der Waals surface area contributed by atoms with E-state index in [0.29, 0.717) is 0 Å². The largest absolute Gasteiger partial charge is 0.329 e. The Kier molecular flexibility index (Phi) is 10.3. The summed E-state index contributed by atoms with van der Waals surface area (Å²) in [6.07, 6.45) is 6.67. The Bertz CT molecular complexity index is 217. The van der Waals surface area contributed by atoms with E-state index in [-0.39, 0.29) is 10.5 Å². The number of rotatable bonds is 10.